The number of fused-ring (bicyclic) bond motifs is 1. The van der Waals surface area contributed by atoms with E-state index in [-0.39, 0.29) is 0 Å². The van der Waals surface area contributed by atoms with Crippen molar-refractivity contribution >= 4 is 49.7 Å². The second-order valence-corrected chi connectivity index (χ2v) is 7.44. The molecule has 142 valence electrons. The molecule has 0 aliphatic carbocycles. The molecule has 4 rings (SSSR count). The molecule has 2 aromatic carbocycles. The van der Waals surface area contributed by atoms with Crippen molar-refractivity contribution < 1.29 is 4.74 Å². The molecule has 4 aromatic rings. The third kappa shape index (κ3) is 3.54. The molecule has 0 amide bonds. The SMILES string of the molecule is COc1ccc2nc(Nc3ncnc(Nc4cc(C)ccc4C)c3N)sc2c1. The second-order valence-electron chi connectivity index (χ2n) is 6.41. The average molecular weight is 392 g/mol. The standard InChI is InChI=1S/C20H20N6OS/c1-11-4-5-12(2)15(8-11)24-18-17(21)19(23-10-22-18)26-20-25-14-7-6-13(27-3)9-16(14)28-20/h4-10H,21H2,1-3H3,(H2,22,23,24,25,26). The Morgan fingerprint density at radius 3 is 2.57 bits per heavy atom. The van der Waals surface area contributed by atoms with Gasteiger partial charge < -0.3 is 21.1 Å². The molecule has 0 saturated heterocycles. The highest BCUT2D eigenvalue weighted by atomic mass is 32.1. The van der Waals surface area contributed by atoms with Gasteiger partial charge in [-0.1, -0.05) is 23.5 Å². The molecule has 4 N–H and O–H groups in total. The van der Waals surface area contributed by atoms with Gasteiger partial charge in [0.15, 0.2) is 16.8 Å². The summed E-state index contributed by atoms with van der Waals surface area (Å²) in [5.74, 6) is 1.85. The summed E-state index contributed by atoms with van der Waals surface area (Å²) in [7, 11) is 1.65. The van der Waals surface area contributed by atoms with Crippen LogP contribution in [0.2, 0.25) is 0 Å². The smallest absolute Gasteiger partial charge is 0.189 e. The van der Waals surface area contributed by atoms with Gasteiger partial charge in [0.25, 0.3) is 0 Å². The van der Waals surface area contributed by atoms with Crippen LogP contribution in [0.15, 0.2) is 42.7 Å². The molecule has 0 unspecified atom stereocenters. The Hall–Kier alpha value is -3.39. The van der Waals surface area contributed by atoms with Crippen molar-refractivity contribution in [1.29, 1.82) is 0 Å². The van der Waals surface area contributed by atoms with Gasteiger partial charge in [0.2, 0.25) is 0 Å². The number of nitrogen functional groups attached to an aromatic ring is 1. The fourth-order valence-electron chi connectivity index (χ4n) is 2.78. The Kier molecular flexibility index (Phi) is 4.70. The minimum atomic E-state index is 0.431. The lowest BCUT2D eigenvalue weighted by Gasteiger charge is -2.13. The van der Waals surface area contributed by atoms with Crippen LogP contribution in [-0.4, -0.2) is 22.1 Å². The van der Waals surface area contributed by atoms with Gasteiger partial charge in [-0.05, 0) is 49.2 Å². The van der Waals surface area contributed by atoms with Crippen molar-refractivity contribution in [1.82, 2.24) is 15.0 Å². The lowest BCUT2D eigenvalue weighted by molar-refractivity contribution is 0.415. The maximum atomic E-state index is 6.31. The average Bonchev–Trinajstić information content (AvgIpc) is 3.09. The van der Waals surface area contributed by atoms with E-state index in [1.54, 1.807) is 7.11 Å². The number of hydrogen-bond donors (Lipinski definition) is 3. The van der Waals surface area contributed by atoms with E-state index < -0.39 is 0 Å². The molecular weight excluding hydrogens is 372 g/mol. The first-order valence-corrected chi connectivity index (χ1v) is 9.51. The van der Waals surface area contributed by atoms with E-state index in [2.05, 4.69) is 43.8 Å². The first-order valence-electron chi connectivity index (χ1n) is 8.70. The van der Waals surface area contributed by atoms with Crippen LogP contribution in [-0.2, 0) is 0 Å². The van der Waals surface area contributed by atoms with Crippen LogP contribution in [0.1, 0.15) is 11.1 Å². The third-order valence-electron chi connectivity index (χ3n) is 4.35. The zero-order chi connectivity index (χ0) is 19.7. The van der Waals surface area contributed by atoms with Gasteiger partial charge in [-0.2, -0.15) is 0 Å². The van der Waals surface area contributed by atoms with Gasteiger partial charge in [0.1, 0.15) is 17.8 Å². The van der Waals surface area contributed by atoms with E-state index in [1.165, 1.54) is 17.7 Å². The number of anilines is 5. The first-order chi connectivity index (χ1) is 13.5. The van der Waals surface area contributed by atoms with E-state index in [4.69, 9.17) is 10.5 Å². The van der Waals surface area contributed by atoms with Crippen molar-refractivity contribution in [3.63, 3.8) is 0 Å². The van der Waals surface area contributed by atoms with E-state index >= 15 is 0 Å². The number of nitrogens with two attached hydrogens (primary N) is 1. The van der Waals surface area contributed by atoms with Gasteiger partial charge in [0.05, 0.1) is 17.3 Å². The Bertz CT molecular complexity index is 1160. The molecule has 0 spiro atoms. The largest absolute Gasteiger partial charge is 0.497 e. The fraction of sp³-hybridized carbons (Fsp3) is 0.150. The molecule has 2 aromatic heterocycles. The molecule has 0 aliphatic rings. The Balaban J connectivity index is 1.62. The predicted molar refractivity (Wildman–Crippen MR) is 115 cm³/mol. The first kappa shape index (κ1) is 18.0. The number of benzene rings is 2. The fourth-order valence-corrected chi connectivity index (χ4v) is 3.67. The number of aromatic nitrogens is 3. The molecule has 0 bridgehead atoms. The minimum Gasteiger partial charge on any atom is -0.497 e. The van der Waals surface area contributed by atoms with E-state index in [1.807, 2.05) is 32.0 Å². The highest BCUT2D eigenvalue weighted by Gasteiger charge is 2.12. The van der Waals surface area contributed by atoms with Gasteiger partial charge in [-0.15, -0.1) is 0 Å². The van der Waals surface area contributed by atoms with Gasteiger partial charge in [0, 0.05) is 5.69 Å². The summed E-state index contributed by atoms with van der Waals surface area (Å²) in [4.78, 5) is 13.1. The molecule has 0 radical (unpaired) electrons. The second kappa shape index (κ2) is 7.32. The molecule has 28 heavy (non-hydrogen) atoms. The zero-order valence-corrected chi connectivity index (χ0v) is 16.6. The summed E-state index contributed by atoms with van der Waals surface area (Å²) in [6.45, 7) is 4.08. The highest BCUT2D eigenvalue weighted by Crippen LogP contribution is 2.33. The summed E-state index contributed by atoms with van der Waals surface area (Å²) in [5.41, 5.74) is 10.9. The maximum absolute atomic E-state index is 6.31. The lowest BCUT2D eigenvalue weighted by Crippen LogP contribution is -2.05. The highest BCUT2D eigenvalue weighted by molar-refractivity contribution is 7.22. The number of nitrogens with zero attached hydrogens (tertiary/aromatic N) is 3. The van der Waals surface area contributed by atoms with Crippen molar-refractivity contribution in [3.05, 3.63) is 53.9 Å². The topological polar surface area (TPSA) is 98.0 Å². The van der Waals surface area contributed by atoms with E-state index in [0.717, 1.165) is 32.8 Å². The van der Waals surface area contributed by atoms with Crippen molar-refractivity contribution in [2.75, 3.05) is 23.5 Å². The number of nitrogens with one attached hydrogen (secondary N) is 2. The van der Waals surface area contributed by atoms with Crippen molar-refractivity contribution in [3.8, 4) is 5.75 Å². The van der Waals surface area contributed by atoms with Gasteiger partial charge >= 0.3 is 0 Å². The summed E-state index contributed by atoms with van der Waals surface area (Å²) >= 11 is 1.51. The maximum Gasteiger partial charge on any atom is 0.189 e. The number of aryl methyl sites for hydroxylation is 2. The molecule has 8 heteroatoms. The molecule has 2 heterocycles. The van der Waals surface area contributed by atoms with Gasteiger partial charge in [-0.25, -0.2) is 15.0 Å². The van der Waals surface area contributed by atoms with Crippen LogP contribution in [0.25, 0.3) is 10.2 Å². The normalized spacial score (nSPS) is 10.8. The van der Waals surface area contributed by atoms with Crippen LogP contribution in [0.4, 0.5) is 28.1 Å². The van der Waals surface area contributed by atoms with Crippen LogP contribution >= 0.6 is 11.3 Å². The summed E-state index contributed by atoms with van der Waals surface area (Å²) < 4.78 is 6.29. The van der Waals surface area contributed by atoms with Crippen molar-refractivity contribution in [2.45, 2.75) is 13.8 Å². The molecule has 0 saturated carbocycles. The van der Waals surface area contributed by atoms with Crippen LogP contribution in [0, 0.1) is 13.8 Å². The molecule has 7 nitrogen and oxygen atoms in total. The zero-order valence-electron chi connectivity index (χ0n) is 15.8. The lowest BCUT2D eigenvalue weighted by atomic mass is 10.1. The number of hydrogen-bond acceptors (Lipinski definition) is 8. The van der Waals surface area contributed by atoms with E-state index in [0.29, 0.717) is 22.5 Å². The Labute approximate surface area is 166 Å². The molecular formula is C20H20N6OS. The molecule has 0 atom stereocenters. The van der Waals surface area contributed by atoms with Crippen LogP contribution in [0.3, 0.4) is 0 Å². The monoisotopic (exact) mass is 392 g/mol. The summed E-state index contributed by atoms with van der Waals surface area (Å²) in [5, 5.41) is 7.20. The van der Waals surface area contributed by atoms with Crippen LogP contribution < -0.4 is 21.1 Å². The number of rotatable bonds is 5. The quantitative estimate of drug-likeness (QED) is 0.449. The number of ether oxygens (including phenoxy) is 1. The predicted octanol–water partition coefficient (Wildman–Crippen LogP) is 4.78. The summed E-state index contributed by atoms with van der Waals surface area (Å²) in [6, 6.07) is 12.0. The molecule has 0 fully saturated rings. The van der Waals surface area contributed by atoms with E-state index in [9.17, 15) is 0 Å². The third-order valence-corrected chi connectivity index (χ3v) is 5.28. The Morgan fingerprint density at radius 1 is 1.00 bits per heavy atom. The summed E-state index contributed by atoms with van der Waals surface area (Å²) in [6.07, 6.45) is 1.47. The van der Waals surface area contributed by atoms with Gasteiger partial charge in [-0.3, -0.25) is 0 Å². The molecule has 0 aliphatic heterocycles. The van der Waals surface area contributed by atoms with Crippen LogP contribution in [0.5, 0.6) is 5.75 Å². The Morgan fingerprint density at radius 2 is 1.79 bits per heavy atom. The van der Waals surface area contributed by atoms with Crippen molar-refractivity contribution in [2.24, 2.45) is 0 Å². The number of thiazole rings is 1. The minimum absolute atomic E-state index is 0.431. The number of methoxy groups -OCH3 is 1.